The molecule has 2 aromatic rings. The van der Waals surface area contributed by atoms with Gasteiger partial charge in [0.1, 0.15) is 18.4 Å². The van der Waals surface area contributed by atoms with Gasteiger partial charge in [0.2, 0.25) is 0 Å². The zero-order valence-corrected chi connectivity index (χ0v) is 12.4. The van der Waals surface area contributed by atoms with Gasteiger partial charge >= 0.3 is 5.97 Å². The van der Waals surface area contributed by atoms with Gasteiger partial charge in [0.15, 0.2) is 0 Å². The van der Waals surface area contributed by atoms with E-state index >= 15 is 0 Å². The number of esters is 1. The van der Waals surface area contributed by atoms with Crippen LogP contribution in [-0.4, -0.2) is 39.6 Å². The molecule has 8 nitrogen and oxygen atoms in total. The quantitative estimate of drug-likeness (QED) is 0.782. The summed E-state index contributed by atoms with van der Waals surface area (Å²) in [5.41, 5.74) is 2.21. The van der Waals surface area contributed by atoms with Crippen molar-refractivity contribution in [3.05, 3.63) is 35.3 Å². The minimum absolute atomic E-state index is 0.0489. The van der Waals surface area contributed by atoms with E-state index in [9.17, 15) is 4.79 Å². The van der Waals surface area contributed by atoms with E-state index in [0.29, 0.717) is 24.3 Å². The van der Waals surface area contributed by atoms with Crippen molar-refractivity contribution >= 4 is 11.8 Å². The standard InChI is InChI=1S/C14H16N6O2/c1-10-5-13(17-7-11(10)6-15)16-4-3-12-8-20(19-18-12)9-14(21)22-2/h5,7-8H,3-4,9H2,1-2H3,(H,16,17). The molecular weight excluding hydrogens is 284 g/mol. The number of anilines is 1. The van der Waals surface area contributed by atoms with E-state index in [4.69, 9.17) is 5.26 Å². The summed E-state index contributed by atoms with van der Waals surface area (Å²) < 4.78 is 6.00. The van der Waals surface area contributed by atoms with Crippen LogP contribution in [0.15, 0.2) is 18.5 Å². The molecule has 0 spiro atoms. The maximum absolute atomic E-state index is 11.1. The van der Waals surface area contributed by atoms with Gasteiger partial charge in [-0.15, -0.1) is 5.10 Å². The maximum atomic E-state index is 11.1. The Bertz CT molecular complexity index is 704. The molecule has 0 amide bonds. The van der Waals surface area contributed by atoms with Crippen LogP contribution in [0.3, 0.4) is 0 Å². The fourth-order valence-corrected chi connectivity index (χ4v) is 1.82. The Morgan fingerprint density at radius 3 is 3.05 bits per heavy atom. The first-order valence-corrected chi connectivity index (χ1v) is 6.69. The van der Waals surface area contributed by atoms with E-state index in [1.165, 1.54) is 11.8 Å². The number of ether oxygens (including phenoxy) is 1. The van der Waals surface area contributed by atoms with Crippen molar-refractivity contribution in [2.45, 2.75) is 19.9 Å². The number of carbonyl (C=O) groups is 1. The Labute approximate surface area is 127 Å². The first-order valence-electron chi connectivity index (χ1n) is 6.69. The normalized spacial score (nSPS) is 10.0. The smallest absolute Gasteiger partial charge is 0.327 e. The molecule has 2 heterocycles. The number of nitriles is 1. The van der Waals surface area contributed by atoms with Gasteiger partial charge in [0.25, 0.3) is 0 Å². The minimum Gasteiger partial charge on any atom is -0.468 e. The molecule has 0 radical (unpaired) electrons. The number of carbonyl (C=O) groups excluding carboxylic acids is 1. The maximum Gasteiger partial charge on any atom is 0.327 e. The van der Waals surface area contributed by atoms with E-state index < -0.39 is 0 Å². The molecule has 0 aliphatic rings. The predicted molar refractivity (Wildman–Crippen MR) is 77.9 cm³/mol. The zero-order valence-electron chi connectivity index (χ0n) is 12.4. The number of rotatable bonds is 6. The second kappa shape index (κ2) is 7.17. The second-order valence-electron chi connectivity index (χ2n) is 4.66. The number of aromatic nitrogens is 4. The number of pyridine rings is 1. The van der Waals surface area contributed by atoms with E-state index in [-0.39, 0.29) is 12.5 Å². The van der Waals surface area contributed by atoms with Crippen molar-refractivity contribution in [2.24, 2.45) is 0 Å². The highest BCUT2D eigenvalue weighted by atomic mass is 16.5. The molecule has 22 heavy (non-hydrogen) atoms. The summed E-state index contributed by atoms with van der Waals surface area (Å²) in [5, 5.41) is 19.8. The third-order valence-corrected chi connectivity index (χ3v) is 3.02. The van der Waals surface area contributed by atoms with Gasteiger partial charge in [0, 0.05) is 25.4 Å². The molecule has 2 aromatic heterocycles. The Morgan fingerprint density at radius 2 is 2.36 bits per heavy atom. The zero-order chi connectivity index (χ0) is 15.9. The van der Waals surface area contributed by atoms with Crippen molar-refractivity contribution in [3.63, 3.8) is 0 Å². The van der Waals surface area contributed by atoms with Crippen LogP contribution in [0.25, 0.3) is 0 Å². The van der Waals surface area contributed by atoms with Gasteiger partial charge in [-0.25, -0.2) is 9.67 Å². The lowest BCUT2D eigenvalue weighted by Gasteiger charge is -2.05. The predicted octanol–water partition coefficient (Wildman–Crippen LogP) is 0.681. The van der Waals surface area contributed by atoms with Gasteiger partial charge < -0.3 is 10.1 Å². The fourth-order valence-electron chi connectivity index (χ4n) is 1.82. The van der Waals surface area contributed by atoms with Gasteiger partial charge in [-0.3, -0.25) is 4.79 Å². The summed E-state index contributed by atoms with van der Waals surface area (Å²) in [6.45, 7) is 2.53. The highest BCUT2D eigenvalue weighted by molar-refractivity contribution is 5.68. The van der Waals surface area contributed by atoms with E-state index in [0.717, 1.165) is 11.3 Å². The molecule has 8 heteroatoms. The SMILES string of the molecule is COC(=O)Cn1cc(CCNc2cc(C)c(C#N)cn2)nn1. The summed E-state index contributed by atoms with van der Waals surface area (Å²) in [5.74, 6) is 0.338. The number of methoxy groups -OCH3 is 1. The van der Waals surface area contributed by atoms with Crippen LogP contribution in [-0.2, 0) is 22.5 Å². The molecule has 0 saturated heterocycles. The van der Waals surface area contributed by atoms with Crippen LogP contribution in [0.5, 0.6) is 0 Å². The number of nitrogens with one attached hydrogen (secondary N) is 1. The monoisotopic (exact) mass is 300 g/mol. The molecule has 0 bridgehead atoms. The Morgan fingerprint density at radius 1 is 1.55 bits per heavy atom. The third kappa shape index (κ3) is 4.02. The van der Waals surface area contributed by atoms with Crippen molar-refractivity contribution in [3.8, 4) is 6.07 Å². The van der Waals surface area contributed by atoms with Gasteiger partial charge in [0.05, 0.1) is 18.4 Å². The number of hydrogen-bond donors (Lipinski definition) is 1. The fraction of sp³-hybridized carbons (Fsp3) is 0.357. The van der Waals surface area contributed by atoms with E-state index in [1.807, 2.05) is 13.0 Å². The average molecular weight is 300 g/mol. The molecule has 0 aliphatic carbocycles. The summed E-state index contributed by atoms with van der Waals surface area (Å²) in [6.07, 6.45) is 3.89. The van der Waals surface area contributed by atoms with Crippen molar-refractivity contribution in [1.29, 1.82) is 5.26 Å². The van der Waals surface area contributed by atoms with Crippen molar-refractivity contribution in [1.82, 2.24) is 20.0 Å². The Balaban J connectivity index is 1.85. The van der Waals surface area contributed by atoms with Crippen LogP contribution in [0.1, 0.15) is 16.8 Å². The lowest BCUT2D eigenvalue weighted by molar-refractivity contribution is -0.141. The topological polar surface area (TPSA) is 106 Å². The largest absolute Gasteiger partial charge is 0.468 e. The molecule has 114 valence electrons. The molecule has 2 rings (SSSR count). The number of nitrogens with zero attached hydrogens (tertiary/aromatic N) is 5. The highest BCUT2D eigenvalue weighted by Crippen LogP contribution is 2.10. The first kappa shape index (κ1) is 15.4. The van der Waals surface area contributed by atoms with Gasteiger partial charge in [-0.1, -0.05) is 5.21 Å². The number of hydrogen-bond acceptors (Lipinski definition) is 7. The van der Waals surface area contributed by atoms with E-state index in [2.05, 4.69) is 31.4 Å². The van der Waals surface area contributed by atoms with Crippen molar-refractivity contribution in [2.75, 3.05) is 19.0 Å². The average Bonchev–Trinajstić information content (AvgIpc) is 2.94. The lowest BCUT2D eigenvalue weighted by Crippen LogP contribution is -2.11. The summed E-state index contributed by atoms with van der Waals surface area (Å²) in [7, 11) is 1.33. The molecule has 0 aliphatic heterocycles. The Kier molecular flexibility index (Phi) is 5.03. The molecule has 0 fully saturated rings. The van der Waals surface area contributed by atoms with Gasteiger partial charge in [-0.05, 0) is 18.6 Å². The van der Waals surface area contributed by atoms with Crippen LogP contribution >= 0.6 is 0 Å². The summed E-state index contributed by atoms with van der Waals surface area (Å²) in [6, 6.07) is 3.90. The second-order valence-corrected chi connectivity index (χ2v) is 4.66. The van der Waals surface area contributed by atoms with Crippen LogP contribution in [0.4, 0.5) is 5.82 Å². The highest BCUT2D eigenvalue weighted by Gasteiger charge is 2.06. The third-order valence-electron chi connectivity index (χ3n) is 3.02. The summed E-state index contributed by atoms with van der Waals surface area (Å²) in [4.78, 5) is 15.3. The van der Waals surface area contributed by atoms with E-state index in [1.54, 1.807) is 12.4 Å². The minimum atomic E-state index is -0.369. The van der Waals surface area contributed by atoms with Crippen LogP contribution < -0.4 is 5.32 Å². The Hall–Kier alpha value is -2.95. The molecule has 1 N–H and O–H groups in total. The molecule has 0 aromatic carbocycles. The molecule has 0 saturated carbocycles. The summed E-state index contributed by atoms with van der Waals surface area (Å²) >= 11 is 0. The molecular formula is C14H16N6O2. The molecule has 0 atom stereocenters. The molecule has 0 unspecified atom stereocenters. The first-order chi connectivity index (χ1) is 10.6. The van der Waals surface area contributed by atoms with Crippen LogP contribution in [0.2, 0.25) is 0 Å². The van der Waals surface area contributed by atoms with Crippen LogP contribution in [0, 0.1) is 18.3 Å². The lowest BCUT2D eigenvalue weighted by atomic mass is 10.2. The number of aryl methyl sites for hydroxylation is 1. The van der Waals surface area contributed by atoms with Crippen molar-refractivity contribution < 1.29 is 9.53 Å². The van der Waals surface area contributed by atoms with Gasteiger partial charge in [-0.2, -0.15) is 5.26 Å².